The van der Waals surface area contributed by atoms with Crippen molar-refractivity contribution < 1.29 is 62.7 Å². The van der Waals surface area contributed by atoms with Crippen LogP contribution in [0.4, 0.5) is 0 Å². The molecule has 9 N–H and O–H groups in total. The van der Waals surface area contributed by atoms with Crippen LogP contribution in [-0.2, 0) is 65.5 Å². The number of carboxylic acid groups (broad SMARTS) is 1. The zero-order chi connectivity index (χ0) is 46.1. The van der Waals surface area contributed by atoms with Crippen LogP contribution in [0.15, 0.2) is 47.7 Å². The number of allylic oxidation sites excluding steroid dienone is 2. The van der Waals surface area contributed by atoms with Crippen LogP contribution in [-0.4, -0.2) is 122 Å². The molecule has 0 spiro atoms. The second-order valence-corrected chi connectivity index (χ2v) is 16.3. The van der Waals surface area contributed by atoms with E-state index in [4.69, 9.17) is 4.74 Å². The van der Waals surface area contributed by atoms with Crippen molar-refractivity contribution >= 4 is 64.5 Å². The molecule has 20 nitrogen and oxygen atoms in total. The Kier molecular flexibility index (Phi) is 20.4. The minimum atomic E-state index is -1.79. The van der Waals surface area contributed by atoms with Crippen LogP contribution in [0.5, 0.6) is 5.75 Å². The number of hydrogen-bond donors (Lipinski definition) is 9. The van der Waals surface area contributed by atoms with E-state index in [-0.39, 0.29) is 30.0 Å². The summed E-state index contributed by atoms with van der Waals surface area (Å²) in [4.78, 5) is 120. The highest BCUT2D eigenvalue weighted by molar-refractivity contribution is 7.90. The van der Waals surface area contributed by atoms with Crippen molar-refractivity contribution in [1.29, 1.82) is 0 Å². The number of aliphatic carboxylic acids is 1. The van der Waals surface area contributed by atoms with Gasteiger partial charge in [0.05, 0.1) is 6.26 Å². The lowest BCUT2D eigenvalue weighted by Gasteiger charge is -2.30. The Hall–Kier alpha value is -5.96. The van der Waals surface area contributed by atoms with Crippen molar-refractivity contribution in [2.75, 3.05) is 12.0 Å². The fraction of sp³-hybridized carbons (Fsp3) is 0.525. The lowest BCUT2D eigenvalue weighted by Crippen LogP contribution is -2.62. The van der Waals surface area contributed by atoms with E-state index in [1.165, 1.54) is 57.4 Å². The Morgan fingerprint density at radius 3 is 2.10 bits per heavy atom. The summed E-state index contributed by atoms with van der Waals surface area (Å²) in [7, 11) is 0. The van der Waals surface area contributed by atoms with Gasteiger partial charge in [-0.1, -0.05) is 49.3 Å². The maximum atomic E-state index is 14.3. The number of rotatable bonds is 15. The molecule has 2 rings (SSSR count). The number of cyclic esters (lactones) is 1. The molecule has 0 radical (unpaired) electrons. The number of carbonyl (C=O) groups is 9. The van der Waals surface area contributed by atoms with Crippen LogP contribution in [0.1, 0.15) is 73.3 Å². The molecule has 1 aliphatic rings. The van der Waals surface area contributed by atoms with Crippen molar-refractivity contribution in [2.24, 2.45) is 5.92 Å². The van der Waals surface area contributed by atoms with E-state index in [0.717, 1.165) is 0 Å². The van der Waals surface area contributed by atoms with Gasteiger partial charge in [0, 0.05) is 24.8 Å². The number of carboxylic acids is 1. The van der Waals surface area contributed by atoms with Gasteiger partial charge in [-0.3, -0.25) is 38.4 Å². The van der Waals surface area contributed by atoms with Gasteiger partial charge in [-0.15, -0.1) is 0 Å². The molecule has 21 heteroatoms. The van der Waals surface area contributed by atoms with Crippen LogP contribution < -0.4 is 37.2 Å². The summed E-state index contributed by atoms with van der Waals surface area (Å²) >= 11 is -1.48. The minimum Gasteiger partial charge on any atom is -0.617 e. The maximum absolute atomic E-state index is 14.3. The fourth-order valence-corrected chi connectivity index (χ4v) is 6.26. The van der Waals surface area contributed by atoms with Crippen LogP contribution in [0, 0.1) is 5.92 Å². The van der Waals surface area contributed by atoms with Gasteiger partial charge < -0.3 is 56.7 Å². The Morgan fingerprint density at radius 1 is 0.902 bits per heavy atom. The van der Waals surface area contributed by atoms with Gasteiger partial charge in [0.15, 0.2) is 0 Å². The molecule has 336 valence electrons. The zero-order valence-corrected chi connectivity index (χ0v) is 36.2. The predicted molar refractivity (Wildman–Crippen MR) is 221 cm³/mol. The first-order valence-corrected chi connectivity index (χ1v) is 21.2. The molecule has 1 aromatic carbocycles. The number of phenols is 1. The SMILES string of the molecule is C/C=C1\NC(=O)[C@H](C)NC(=O)[C@@H](NC(=O)[C@@H](Cc2ccc(O)cc2)NC(=O)[C@@H](NC(=O)/C(C)=C/C)C(C)C)[C@@H](C)OC(=O)[C@H](CC[S+](C)[O-])NC(=O)[C@@H](CCC(=O)O)NC1=O. The number of nitrogens with one attached hydrogen (secondary N) is 7. The highest BCUT2D eigenvalue weighted by atomic mass is 32.2. The van der Waals surface area contributed by atoms with E-state index in [0.29, 0.717) is 11.1 Å². The topological polar surface area (TPSA) is 311 Å². The largest absolute Gasteiger partial charge is 0.617 e. The molecule has 1 aromatic rings. The van der Waals surface area contributed by atoms with Crippen molar-refractivity contribution in [3.05, 3.63) is 53.3 Å². The summed E-state index contributed by atoms with van der Waals surface area (Å²) in [6.07, 6.45) is 1.05. The Bertz CT molecular complexity index is 1850. The van der Waals surface area contributed by atoms with E-state index in [1.54, 1.807) is 33.8 Å². The third kappa shape index (κ3) is 16.5. The Morgan fingerprint density at radius 2 is 1.54 bits per heavy atom. The smallest absolute Gasteiger partial charge is 0.329 e. The Labute approximate surface area is 357 Å². The second-order valence-electron chi connectivity index (χ2n) is 14.7. The number of amides is 7. The first-order chi connectivity index (χ1) is 28.6. The van der Waals surface area contributed by atoms with Crippen LogP contribution in [0.3, 0.4) is 0 Å². The van der Waals surface area contributed by atoms with Crippen molar-refractivity contribution in [3.8, 4) is 5.75 Å². The van der Waals surface area contributed by atoms with Gasteiger partial charge in [-0.2, -0.15) is 0 Å². The van der Waals surface area contributed by atoms with Crippen molar-refractivity contribution in [3.63, 3.8) is 0 Å². The number of phenolic OH excluding ortho intramolecular Hbond substituents is 1. The van der Waals surface area contributed by atoms with Crippen molar-refractivity contribution in [1.82, 2.24) is 37.2 Å². The third-order valence-electron chi connectivity index (χ3n) is 9.49. The lowest BCUT2D eigenvalue weighted by atomic mass is 10.00. The molecular formula is C40H57N7O13S. The maximum Gasteiger partial charge on any atom is 0.329 e. The quantitative estimate of drug-likeness (QED) is 0.0586. The van der Waals surface area contributed by atoms with E-state index in [1.807, 2.05) is 0 Å². The van der Waals surface area contributed by atoms with Crippen LogP contribution >= 0.6 is 0 Å². The number of benzene rings is 1. The molecule has 1 heterocycles. The monoisotopic (exact) mass is 875 g/mol. The Balaban J connectivity index is 2.64. The zero-order valence-electron chi connectivity index (χ0n) is 35.4. The molecule has 0 saturated carbocycles. The molecule has 7 amide bonds. The third-order valence-corrected chi connectivity index (χ3v) is 10.3. The summed E-state index contributed by atoms with van der Waals surface area (Å²) in [5, 5.41) is 36.5. The molecular weight excluding hydrogens is 819 g/mol. The summed E-state index contributed by atoms with van der Waals surface area (Å²) in [5.74, 6) is -9.37. The van der Waals surface area contributed by atoms with E-state index < -0.39 is 126 Å². The second kappa shape index (κ2) is 24.3. The highest BCUT2D eigenvalue weighted by Gasteiger charge is 2.38. The number of ether oxygens (including phenoxy) is 1. The number of aromatic hydroxyl groups is 1. The molecule has 0 bridgehead atoms. The lowest BCUT2D eigenvalue weighted by molar-refractivity contribution is -0.156. The molecule has 1 aliphatic heterocycles. The van der Waals surface area contributed by atoms with E-state index in [9.17, 15) is 57.9 Å². The fourth-order valence-electron chi connectivity index (χ4n) is 5.69. The molecule has 0 aromatic heterocycles. The van der Waals surface area contributed by atoms with Gasteiger partial charge >= 0.3 is 11.9 Å². The van der Waals surface area contributed by atoms with Crippen LogP contribution in [0.2, 0.25) is 0 Å². The van der Waals surface area contributed by atoms with Gasteiger partial charge in [0.25, 0.3) is 5.91 Å². The molecule has 8 atom stereocenters. The minimum absolute atomic E-state index is 0.0788. The molecule has 0 aliphatic carbocycles. The summed E-state index contributed by atoms with van der Waals surface area (Å²) in [6.45, 7) is 10.4. The first-order valence-electron chi connectivity index (χ1n) is 19.5. The normalized spacial score (nSPS) is 23.0. The average molecular weight is 876 g/mol. The predicted octanol–water partition coefficient (Wildman–Crippen LogP) is -0.916. The van der Waals surface area contributed by atoms with Gasteiger partial charge in [-0.05, 0) is 64.7 Å². The standard InChI is InChI=1S/C40H57N7O13S/c1-9-21(5)33(51)46-31(20(3)4)38(56)45-29(19-24-11-13-25(48)14-12-24)37(55)47-32-23(7)60-40(58)28(17-18-61(8)59)44-36(54)27(15-16-30(49)50)43-35(53)26(10-2)42-34(52)22(6)41-39(32)57/h9-14,20,22-23,27-29,31-32,48H,15-19H2,1-8H3,(H,41,57)(H,42,52)(H,43,53)(H,44,54)(H,45,56)(H,46,51)(H,47,55)(H,49,50)/b21-9+,26-10-/t22-,23+,27+,28-,29+,31-,32-,61?/m0/s1. The molecule has 1 unspecified atom stereocenters. The number of hydrogen-bond acceptors (Lipinski definition) is 12. The number of esters is 1. The van der Waals surface area contributed by atoms with E-state index >= 15 is 0 Å². The first kappa shape index (κ1) is 51.2. The summed E-state index contributed by atoms with van der Waals surface area (Å²) in [5.41, 5.74) is 0.423. The van der Waals surface area contributed by atoms with Gasteiger partial charge in [-0.25, -0.2) is 4.79 Å². The summed E-state index contributed by atoms with van der Waals surface area (Å²) < 4.78 is 17.7. The van der Waals surface area contributed by atoms with Gasteiger partial charge in [0.1, 0.15) is 59.6 Å². The van der Waals surface area contributed by atoms with Crippen molar-refractivity contribution in [2.45, 2.75) is 117 Å². The van der Waals surface area contributed by atoms with E-state index in [2.05, 4.69) is 37.2 Å². The number of carbonyl (C=O) groups excluding carboxylic acids is 8. The summed E-state index contributed by atoms with van der Waals surface area (Å²) in [6, 6.07) is -3.18. The highest BCUT2D eigenvalue weighted by Crippen LogP contribution is 2.14. The van der Waals surface area contributed by atoms with Crippen LogP contribution in [0.25, 0.3) is 0 Å². The molecule has 1 saturated heterocycles. The van der Waals surface area contributed by atoms with Gasteiger partial charge in [0.2, 0.25) is 35.4 Å². The molecule has 1 fully saturated rings. The molecule has 61 heavy (non-hydrogen) atoms. The average Bonchev–Trinajstić information content (AvgIpc) is 3.19.